The van der Waals surface area contributed by atoms with Gasteiger partial charge in [0.15, 0.2) is 0 Å². The molecule has 3 aromatic rings. The maximum absolute atomic E-state index is 12.9. The number of benzene rings is 1. The Morgan fingerprint density at radius 3 is 2.76 bits per heavy atom. The van der Waals surface area contributed by atoms with Gasteiger partial charge in [-0.3, -0.25) is 4.79 Å². The minimum absolute atomic E-state index is 0.0922. The number of hydrogen-bond donors (Lipinski definition) is 2. The van der Waals surface area contributed by atoms with Gasteiger partial charge in [-0.2, -0.15) is 15.2 Å². The molecule has 172 valence electrons. The van der Waals surface area contributed by atoms with Crippen molar-refractivity contribution in [3.63, 3.8) is 0 Å². The number of anilines is 1. The molecule has 1 amide bonds. The van der Waals surface area contributed by atoms with Crippen LogP contribution in [0.1, 0.15) is 27.7 Å². The van der Waals surface area contributed by atoms with Gasteiger partial charge < -0.3 is 24.7 Å². The molecule has 1 aliphatic heterocycles. The van der Waals surface area contributed by atoms with Crippen molar-refractivity contribution in [1.29, 1.82) is 5.26 Å². The van der Waals surface area contributed by atoms with Crippen LogP contribution in [0.2, 0.25) is 0 Å². The molecule has 33 heavy (non-hydrogen) atoms. The first kappa shape index (κ1) is 22.9. The summed E-state index contributed by atoms with van der Waals surface area (Å²) >= 11 is 1.58. The number of nitriles is 1. The molecule has 0 unspecified atom stereocenters. The number of amides is 1. The second-order valence-electron chi connectivity index (χ2n) is 7.73. The molecule has 1 saturated heterocycles. The van der Waals surface area contributed by atoms with Crippen molar-refractivity contribution >= 4 is 33.3 Å². The van der Waals surface area contributed by atoms with Gasteiger partial charge >= 0.3 is 6.01 Å². The molecule has 0 aliphatic carbocycles. The van der Waals surface area contributed by atoms with Crippen LogP contribution in [0, 0.1) is 11.3 Å². The molecule has 0 spiro atoms. The first-order valence-electron chi connectivity index (χ1n) is 10.8. The van der Waals surface area contributed by atoms with Gasteiger partial charge in [0.1, 0.15) is 23.4 Å². The number of nitrogens with zero attached hydrogens (tertiary/aromatic N) is 5. The number of thiophene rings is 1. The van der Waals surface area contributed by atoms with Crippen LogP contribution in [-0.2, 0) is 6.42 Å². The number of carbonyl (C=O) groups excluding carboxylic acids is 1. The predicted octanol–water partition coefficient (Wildman–Crippen LogP) is 1.82. The van der Waals surface area contributed by atoms with E-state index < -0.39 is 12.7 Å². The summed E-state index contributed by atoms with van der Waals surface area (Å²) in [7, 11) is 0. The molecule has 3 heterocycles. The minimum atomic E-state index is -1.00. The van der Waals surface area contributed by atoms with E-state index in [1.54, 1.807) is 40.5 Å². The van der Waals surface area contributed by atoms with Crippen molar-refractivity contribution in [2.45, 2.75) is 19.4 Å². The van der Waals surface area contributed by atoms with Crippen LogP contribution in [0.25, 0.3) is 10.2 Å². The van der Waals surface area contributed by atoms with Crippen molar-refractivity contribution in [3.8, 4) is 12.1 Å². The Morgan fingerprint density at radius 1 is 1.27 bits per heavy atom. The number of rotatable bonds is 7. The summed E-state index contributed by atoms with van der Waals surface area (Å²) in [4.78, 5) is 27.9. The van der Waals surface area contributed by atoms with E-state index in [0.29, 0.717) is 37.3 Å². The maximum Gasteiger partial charge on any atom is 0.319 e. The molecule has 1 fully saturated rings. The number of fused-ring (bicyclic) bond motifs is 1. The number of aliphatic hydroxyl groups excluding tert-OH is 2. The minimum Gasteiger partial charge on any atom is -0.461 e. The van der Waals surface area contributed by atoms with E-state index in [9.17, 15) is 9.90 Å². The van der Waals surface area contributed by atoms with Crippen molar-refractivity contribution in [2.75, 3.05) is 44.3 Å². The van der Waals surface area contributed by atoms with Gasteiger partial charge in [0.2, 0.25) is 0 Å². The predicted molar refractivity (Wildman–Crippen MR) is 125 cm³/mol. The largest absolute Gasteiger partial charge is 0.461 e. The van der Waals surface area contributed by atoms with Gasteiger partial charge in [0, 0.05) is 36.6 Å². The summed E-state index contributed by atoms with van der Waals surface area (Å²) in [6.07, 6.45) is -0.124. The van der Waals surface area contributed by atoms with Crippen LogP contribution in [0.4, 0.5) is 5.82 Å². The van der Waals surface area contributed by atoms with E-state index in [0.717, 1.165) is 22.5 Å². The quantitative estimate of drug-likeness (QED) is 0.539. The van der Waals surface area contributed by atoms with Gasteiger partial charge in [0.05, 0.1) is 23.6 Å². The smallest absolute Gasteiger partial charge is 0.319 e. The number of carbonyl (C=O) groups is 1. The third-order valence-electron chi connectivity index (χ3n) is 5.47. The molecule has 1 aromatic carbocycles. The van der Waals surface area contributed by atoms with Crippen LogP contribution in [0.3, 0.4) is 0 Å². The maximum atomic E-state index is 12.9. The average molecular weight is 468 g/mol. The number of aromatic nitrogens is 2. The molecule has 0 bridgehead atoms. The second kappa shape index (κ2) is 10.1. The van der Waals surface area contributed by atoms with Crippen molar-refractivity contribution in [3.05, 3.63) is 46.3 Å². The van der Waals surface area contributed by atoms with Crippen molar-refractivity contribution < 1.29 is 19.7 Å². The van der Waals surface area contributed by atoms with E-state index in [1.165, 1.54) is 4.88 Å². The van der Waals surface area contributed by atoms with Crippen molar-refractivity contribution in [1.82, 2.24) is 14.9 Å². The molecule has 0 saturated carbocycles. The summed E-state index contributed by atoms with van der Waals surface area (Å²) in [5.41, 5.74) is 0.973. The van der Waals surface area contributed by atoms with Crippen LogP contribution < -0.4 is 9.64 Å². The van der Waals surface area contributed by atoms with Gasteiger partial charge in [-0.05, 0) is 30.7 Å². The average Bonchev–Trinajstić information content (AvgIpc) is 3.29. The van der Waals surface area contributed by atoms with E-state index in [-0.39, 0.29) is 18.5 Å². The van der Waals surface area contributed by atoms with E-state index in [1.807, 2.05) is 0 Å². The number of piperazine rings is 1. The fourth-order valence-corrected chi connectivity index (χ4v) is 4.62. The SMILES string of the molecule is CCc1cc2c(N3CCN(C(=O)c4cccc(C#N)c4)CC3)nc(OC[C@H](O)CO)nc2s1. The van der Waals surface area contributed by atoms with E-state index in [2.05, 4.69) is 33.9 Å². The molecule has 0 radical (unpaired) electrons. The highest BCUT2D eigenvalue weighted by Crippen LogP contribution is 2.33. The second-order valence-corrected chi connectivity index (χ2v) is 8.85. The number of aryl methyl sites for hydroxylation is 1. The Balaban J connectivity index is 1.53. The number of hydrogen-bond acceptors (Lipinski definition) is 9. The van der Waals surface area contributed by atoms with Crippen LogP contribution in [0.5, 0.6) is 6.01 Å². The van der Waals surface area contributed by atoms with Crippen LogP contribution in [0.15, 0.2) is 30.3 Å². The lowest BCUT2D eigenvalue weighted by molar-refractivity contribution is 0.0506. The highest BCUT2D eigenvalue weighted by molar-refractivity contribution is 7.18. The Labute approximate surface area is 195 Å². The summed E-state index contributed by atoms with van der Waals surface area (Å²) < 4.78 is 5.54. The lowest BCUT2D eigenvalue weighted by atomic mass is 10.1. The third kappa shape index (κ3) is 5.06. The normalized spacial score (nSPS) is 14.8. The van der Waals surface area contributed by atoms with E-state index >= 15 is 0 Å². The molecule has 1 atom stereocenters. The third-order valence-corrected chi connectivity index (χ3v) is 6.65. The van der Waals surface area contributed by atoms with Crippen LogP contribution in [-0.4, -0.2) is 76.5 Å². The van der Waals surface area contributed by atoms with Gasteiger partial charge in [-0.15, -0.1) is 11.3 Å². The van der Waals surface area contributed by atoms with Crippen LogP contribution >= 0.6 is 11.3 Å². The highest BCUT2D eigenvalue weighted by Gasteiger charge is 2.25. The molecule has 1 aliphatic rings. The molecule has 2 N–H and O–H groups in total. The van der Waals surface area contributed by atoms with Crippen molar-refractivity contribution in [2.24, 2.45) is 0 Å². The number of aliphatic hydroxyl groups is 2. The molecule has 2 aromatic heterocycles. The fraction of sp³-hybridized carbons (Fsp3) is 0.391. The van der Waals surface area contributed by atoms with E-state index in [4.69, 9.17) is 15.1 Å². The molecule has 4 rings (SSSR count). The van der Waals surface area contributed by atoms with Gasteiger partial charge in [-0.25, -0.2) is 0 Å². The molecule has 10 heteroatoms. The monoisotopic (exact) mass is 467 g/mol. The lowest BCUT2D eigenvalue weighted by Crippen LogP contribution is -2.49. The standard InChI is InChI=1S/C23H25N5O4S/c1-2-18-11-19-20(25-23(26-21(19)33-18)32-14-17(30)13-29)27-6-8-28(9-7-27)22(31)16-5-3-4-15(10-16)12-24/h3-5,10-11,17,29-30H,2,6-9,13-14H2,1H3/t17-/m1/s1. The first-order chi connectivity index (χ1) is 16.0. The molecule has 9 nitrogen and oxygen atoms in total. The first-order valence-corrected chi connectivity index (χ1v) is 11.6. The Morgan fingerprint density at radius 2 is 2.06 bits per heavy atom. The summed E-state index contributed by atoms with van der Waals surface area (Å²) in [6.45, 7) is 3.80. The van der Waals surface area contributed by atoms with Gasteiger partial charge in [0.25, 0.3) is 5.91 Å². The number of ether oxygens (including phenoxy) is 1. The lowest BCUT2D eigenvalue weighted by Gasteiger charge is -2.35. The summed E-state index contributed by atoms with van der Waals surface area (Å²) in [5.74, 6) is 0.647. The zero-order valence-electron chi connectivity index (χ0n) is 18.3. The zero-order chi connectivity index (χ0) is 23.4. The summed E-state index contributed by atoms with van der Waals surface area (Å²) in [6, 6.07) is 11.1. The molecular formula is C23H25N5O4S. The topological polar surface area (TPSA) is 123 Å². The summed E-state index contributed by atoms with van der Waals surface area (Å²) in [5, 5.41) is 28.7. The molecular weight excluding hydrogens is 442 g/mol. The Bertz CT molecular complexity index is 1180. The Kier molecular flexibility index (Phi) is 7.03. The van der Waals surface area contributed by atoms with Gasteiger partial charge in [-0.1, -0.05) is 13.0 Å². The highest BCUT2D eigenvalue weighted by atomic mass is 32.1. The fourth-order valence-electron chi connectivity index (χ4n) is 3.67. The zero-order valence-corrected chi connectivity index (χ0v) is 19.1. The Hall–Kier alpha value is -3.26.